The molecule has 0 aliphatic heterocycles. The van der Waals surface area contributed by atoms with E-state index in [-0.39, 0.29) is 5.91 Å². The number of amides is 1. The summed E-state index contributed by atoms with van der Waals surface area (Å²) in [6.45, 7) is 1.09. The van der Waals surface area contributed by atoms with Gasteiger partial charge in [0.1, 0.15) is 17.3 Å². The van der Waals surface area contributed by atoms with Gasteiger partial charge in [-0.2, -0.15) is 0 Å². The van der Waals surface area contributed by atoms with Gasteiger partial charge >= 0.3 is 0 Å². The number of aromatic nitrogens is 2. The molecule has 0 saturated carbocycles. The molecule has 0 radical (unpaired) electrons. The Labute approximate surface area is 187 Å². The fraction of sp³-hybridized carbons (Fsp3) is 0.115. The molecule has 2 N–H and O–H groups in total. The van der Waals surface area contributed by atoms with Crippen LogP contribution in [0.1, 0.15) is 21.5 Å². The first kappa shape index (κ1) is 21.1. The van der Waals surface area contributed by atoms with Crippen LogP contribution in [0.5, 0.6) is 11.5 Å². The minimum absolute atomic E-state index is 0.153. The Kier molecular flexibility index (Phi) is 7.06. The molecule has 0 atom stereocenters. The predicted molar refractivity (Wildman–Crippen MR) is 125 cm³/mol. The quantitative estimate of drug-likeness (QED) is 0.402. The van der Waals surface area contributed by atoms with Crippen molar-refractivity contribution in [1.82, 2.24) is 15.3 Å². The molecular weight excluding hydrogens is 400 g/mol. The Morgan fingerprint density at radius 2 is 1.53 bits per heavy atom. The molecule has 0 unspecified atom stereocenters. The molecule has 0 spiro atoms. The number of anilines is 1. The summed E-state index contributed by atoms with van der Waals surface area (Å²) in [5.74, 6) is 1.99. The number of benzene rings is 2. The Balaban J connectivity index is 1.28. The third-order valence-electron chi connectivity index (χ3n) is 4.86. The van der Waals surface area contributed by atoms with Crippen molar-refractivity contribution in [2.24, 2.45) is 0 Å². The Bertz CT molecular complexity index is 1130. The average molecular weight is 425 g/mol. The number of nitrogens with zero attached hydrogens (tertiary/aromatic N) is 2. The lowest BCUT2D eigenvalue weighted by molar-refractivity contribution is 0.0954. The number of hydrogen-bond donors (Lipinski definition) is 2. The van der Waals surface area contributed by atoms with Crippen LogP contribution in [-0.4, -0.2) is 22.4 Å². The van der Waals surface area contributed by atoms with E-state index in [0.29, 0.717) is 24.5 Å². The molecule has 0 aliphatic carbocycles. The molecule has 1 amide bonds. The third kappa shape index (κ3) is 5.92. The van der Waals surface area contributed by atoms with Crippen molar-refractivity contribution in [3.05, 3.63) is 114 Å². The first-order valence-electron chi connectivity index (χ1n) is 10.5. The zero-order valence-corrected chi connectivity index (χ0v) is 17.6. The second-order valence-corrected chi connectivity index (χ2v) is 7.17. The normalized spacial score (nSPS) is 10.4. The van der Waals surface area contributed by atoms with Gasteiger partial charge in [-0.3, -0.25) is 9.78 Å². The summed E-state index contributed by atoms with van der Waals surface area (Å²) in [5.41, 5.74) is 2.71. The molecule has 2 aromatic carbocycles. The number of carbonyl (C=O) groups excluding carboxylic acids is 1. The fourth-order valence-electron chi connectivity index (χ4n) is 3.18. The van der Waals surface area contributed by atoms with Crippen molar-refractivity contribution < 1.29 is 9.53 Å². The average Bonchev–Trinajstić information content (AvgIpc) is 2.85. The molecule has 6 heteroatoms. The summed E-state index contributed by atoms with van der Waals surface area (Å²) in [4.78, 5) is 21.0. The summed E-state index contributed by atoms with van der Waals surface area (Å²) < 4.78 is 5.81. The van der Waals surface area contributed by atoms with Crippen LogP contribution in [-0.2, 0) is 13.0 Å². The van der Waals surface area contributed by atoms with Crippen molar-refractivity contribution in [1.29, 1.82) is 0 Å². The lowest BCUT2D eigenvalue weighted by Crippen LogP contribution is -2.26. The first-order valence-corrected chi connectivity index (χ1v) is 10.5. The number of para-hydroxylation sites is 1. The molecule has 4 rings (SSSR count). The van der Waals surface area contributed by atoms with E-state index in [4.69, 9.17) is 4.74 Å². The SMILES string of the molecule is O=C(NCCc1ccc(Oc2ccccc2)cc1)c1cccnc1NCc1ccncc1. The third-order valence-corrected chi connectivity index (χ3v) is 4.86. The van der Waals surface area contributed by atoms with Crippen LogP contribution in [0.15, 0.2) is 97.5 Å². The second kappa shape index (κ2) is 10.7. The molecular formula is C26H24N4O2. The highest BCUT2D eigenvalue weighted by atomic mass is 16.5. The van der Waals surface area contributed by atoms with Crippen molar-refractivity contribution >= 4 is 11.7 Å². The summed E-state index contributed by atoms with van der Waals surface area (Å²) >= 11 is 0. The van der Waals surface area contributed by atoms with Crippen LogP contribution >= 0.6 is 0 Å². The Morgan fingerprint density at radius 1 is 0.781 bits per heavy atom. The predicted octanol–water partition coefficient (Wildman–Crippen LogP) is 4.85. The molecule has 0 fully saturated rings. The maximum atomic E-state index is 12.7. The van der Waals surface area contributed by atoms with Gasteiger partial charge in [-0.1, -0.05) is 30.3 Å². The number of carbonyl (C=O) groups is 1. The van der Waals surface area contributed by atoms with Crippen molar-refractivity contribution in [3.63, 3.8) is 0 Å². The van der Waals surface area contributed by atoms with Crippen LogP contribution in [0, 0.1) is 0 Å². The summed E-state index contributed by atoms with van der Waals surface area (Å²) in [6.07, 6.45) is 5.87. The number of nitrogens with one attached hydrogen (secondary N) is 2. The molecule has 160 valence electrons. The van der Waals surface area contributed by atoms with Gasteiger partial charge < -0.3 is 15.4 Å². The van der Waals surface area contributed by atoms with Crippen LogP contribution < -0.4 is 15.4 Å². The fourth-order valence-corrected chi connectivity index (χ4v) is 3.18. The van der Waals surface area contributed by atoms with Gasteiger partial charge in [0.2, 0.25) is 0 Å². The lowest BCUT2D eigenvalue weighted by atomic mass is 10.1. The highest BCUT2D eigenvalue weighted by molar-refractivity contribution is 5.98. The van der Waals surface area contributed by atoms with E-state index in [2.05, 4.69) is 20.6 Å². The van der Waals surface area contributed by atoms with Crippen molar-refractivity contribution in [2.75, 3.05) is 11.9 Å². The van der Waals surface area contributed by atoms with Gasteiger partial charge in [0.25, 0.3) is 5.91 Å². The maximum Gasteiger partial charge on any atom is 0.255 e. The summed E-state index contributed by atoms with van der Waals surface area (Å²) in [6, 6.07) is 24.9. The van der Waals surface area contributed by atoms with E-state index >= 15 is 0 Å². The van der Waals surface area contributed by atoms with Gasteiger partial charge in [-0.15, -0.1) is 0 Å². The van der Waals surface area contributed by atoms with Crippen molar-refractivity contribution in [2.45, 2.75) is 13.0 Å². The largest absolute Gasteiger partial charge is 0.457 e. The van der Waals surface area contributed by atoms with E-state index in [0.717, 1.165) is 29.0 Å². The van der Waals surface area contributed by atoms with E-state index in [1.54, 1.807) is 30.7 Å². The van der Waals surface area contributed by atoms with Crippen molar-refractivity contribution in [3.8, 4) is 11.5 Å². The highest BCUT2D eigenvalue weighted by Gasteiger charge is 2.11. The van der Waals surface area contributed by atoms with Crippen LogP contribution in [0.3, 0.4) is 0 Å². The van der Waals surface area contributed by atoms with E-state index in [1.165, 1.54) is 0 Å². The molecule has 0 bridgehead atoms. The topological polar surface area (TPSA) is 76.1 Å². The molecule has 2 heterocycles. The smallest absolute Gasteiger partial charge is 0.255 e. The number of ether oxygens (including phenoxy) is 1. The van der Waals surface area contributed by atoms with Gasteiger partial charge in [0, 0.05) is 31.7 Å². The first-order chi connectivity index (χ1) is 15.8. The van der Waals surface area contributed by atoms with E-state index in [1.807, 2.05) is 66.7 Å². The van der Waals surface area contributed by atoms with Crippen LogP contribution in [0.4, 0.5) is 5.82 Å². The van der Waals surface area contributed by atoms with Crippen LogP contribution in [0.25, 0.3) is 0 Å². The molecule has 32 heavy (non-hydrogen) atoms. The molecule has 2 aromatic heterocycles. The number of hydrogen-bond acceptors (Lipinski definition) is 5. The van der Waals surface area contributed by atoms with Gasteiger partial charge in [0.15, 0.2) is 0 Å². The highest BCUT2D eigenvalue weighted by Crippen LogP contribution is 2.21. The van der Waals surface area contributed by atoms with E-state index in [9.17, 15) is 4.79 Å². The maximum absolute atomic E-state index is 12.7. The zero-order valence-electron chi connectivity index (χ0n) is 17.6. The van der Waals surface area contributed by atoms with Gasteiger partial charge in [-0.25, -0.2) is 4.98 Å². The summed E-state index contributed by atoms with van der Waals surface area (Å²) in [5, 5.41) is 6.21. The van der Waals surface area contributed by atoms with E-state index < -0.39 is 0 Å². The number of rotatable bonds is 9. The van der Waals surface area contributed by atoms with Crippen LogP contribution in [0.2, 0.25) is 0 Å². The zero-order chi connectivity index (χ0) is 22.0. The Hall–Kier alpha value is -4.19. The summed E-state index contributed by atoms with van der Waals surface area (Å²) in [7, 11) is 0. The van der Waals surface area contributed by atoms with Gasteiger partial charge in [0.05, 0.1) is 5.56 Å². The monoisotopic (exact) mass is 424 g/mol. The molecule has 0 aliphatic rings. The minimum Gasteiger partial charge on any atom is -0.457 e. The molecule has 0 saturated heterocycles. The second-order valence-electron chi connectivity index (χ2n) is 7.17. The number of pyridine rings is 2. The minimum atomic E-state index is -0.153. The Morgan fingerprint density at radius 3 is 2.31 bits per heavy atom. The lowest BCUT2D eigenvalue weighted by Gasteiger charge is -2.11. The standard InChI is InChI=1S/C26H24N4O2/c31-26(24-7-4-15-28-25(24)30-19-21-12-16-27-17-13-21)29-18-14-20-8-10-23(11-9-20)32-22-5-2-1-3-6-22/h1-13,15-17H,14,18-19H2,(H,28,30)(H,29,31). The molecule has 6 nitrogen and oxygen atoms in total. The molecule has 4 aromatic rings. The van der Waals surface area contributed by atoms with Gasteiger partial charge in [-0.05, 0) is 66.1 Å².